The summed E-state index contributed by atoms with van der Waals surface area (Å²) in [6.45, 7) is 0. The molecule has 0 atom stereocenters. The van der Waals surface area contributed by atoms with Crippen LogP contribution in [-0.4, -0.2) is 34.6 Å². The molecule has 0 bridgehead atoms. The third-order valence-electron chi connectivity index (χ3n) is 0. The van der Waals surface area contributed by atoms with Crippen LogP contribution >= 0.6 is 0 Å². The summed E-state index contributed by atoms with van der Waals surface area (Å²) >= 11 is 0. The van der Waals surface area contributed by atoms with E-state index in [2.05, 4.69) is 0 Å². The summed E-state index contributed by atoms with van der Waals surface area (Å²) in [7, 11) is -2.92. The third kappa shape index (κ3) is 49.8. The maximum atomic E-state index is 8.42. The van der Waals surface area contributed by atoms with E-state index in [-0.39, 0.29) is 46.8 Å². The Labute approximate surface area is 68.9 Å². The molecule has 0 aromatic carbocycles. The third-order valence-corrected chi connectivity index (χ3v) is 0. The van der Waals surface area contributed by atoms with Crippen molar-refractivity contribution in [2.75, 3.05) is 0 Å². The summed E-state index contributed by atoms with van der Waals surface area (Å²) in [6.07, 6.45) is 0. The molecule has 2 radical (unpaired) electrons. The predicted molar refractivity (Wildman–Crippen MR) is 11.5 cm³/mol. The monoisotopic (exact) mass is 331 g/mol. The van der Waals surface area contributed by atoms with E-state index in [0.29, 0.717) is 0 Å². The van der Waals surface area contributed by atoms with Crippen molar-refractivity contribution < 1.29 is 34.6 Å². The summed E-state index contributed by atoms with van der Waals surface area (Å²) in [5.74, 6) is 0. The van der Waals surface area contributed by atoms with Gasteiger partial charge in [0, 0.05) is 0 Å². The minimum atomic E-state index is -2.92. The van der Waals surface area contributed by atoms with E-state index < -0.39 is 7.32 Å². The van der Waals surface area contributed by atoms with Gasteiger partial charge in [0.15, 0.2) is 0 Å². The van der Waals surface area contributed by atoms with E-state index in [4.69, 9.17) is 15.1 Å². The Morgan fingerprint density at radius 3 is 1.00 bits per heavy atom. The number of hydrogen-bond donors (Lipinski definition) is 0. The fraction of sp³-hybridized carbons (Fsp3) is 0. The van der Waals surface area contributed by atoms with Crippen LogP contribution in [0.25, 0.3) is 0 Å². The first-order chi connectivity index (χ1) is 1.73. The molecule has 3 nitrogen and oxygen atoms in total. The van der Waals surface area contributed by atoms with E-state index in [1.54, 1.807) is 0 Å². The first-order valence-corrected chi connectivity index (χ1v) is 0.707. The molecular formula is BO3PbZn+. The SMILES string of the molecule is [O-]B([O-])[O-].[Pb+2].[Zn+2]. The minimum Gasteiger partial charge on any atom is -0.907 e. The number of rotatable bonds is 0. The Morgan fingerprint density at radius 2 is 1.00 bits per heavy atom. The molecule has 26 valence electrons. The van der Waals surface area contributed by atoms with Gasteiger partial charge >= 0.3 is 46.8 Å². The van der Waals surface area contributed by atoms with Crippen molar-refractivity contribution in [1.82, 2.24) is 0 Å². The molecule has 0 N–H and O–H groups in total. The average molecular weight is 331 g/mol. The summed E-state index contributed by atoms with van der Waals surface area (Å²) in [4.78, 5) is 0. The van der Waals surface area contributed by atoms with Gasteiger partial charge in [-0.2, -0.15) is 0 Å². The standard InChI is InChI=1S/BO3.Pb.Zn/c2-1(3)4;;/q-3;2*+2. The molecule has 0 unspecified atom stereocenters. The maximum absolute atomic E-state index is 8.42. The van der Waals surface area contributed by atoms with Crippen molar-refractivity contribution in [2.45, 2.75) is 0 Å². The van der Waals surface area contributed by atoms with Crippen LogP contribution in [-0.2, 0) is 19.5 Å². The Balaban J connectivity index is -0.0000000450. The second-order valence-corrected chi connectivity index (χ2v) is 0.289. The van der Waals surface area contributed by atoms with E-state index in [1.165, 1.54) is 0 Å². The van der Waals surface area contributed by atoms with Gasteiger partial charge in [-0.1, -0.05) is 0 Å². The molecule has 0 fully saturated rings. The first kappa shape index (κ1) is 15.6. The van der Waals surface area contributed by atoms with Crippen LogP contribution in [0.2, 0.25) is 0 Å². The van der Waals surface area contributed by atoms with E-state index in [0.717, 1.165) is 0 Å². The fourth-order valence-corrected chi connectivity index (χ4v) is 0. The van der Waals surface area contributed by atoms with Gasteiger partial charge in [0.1, 0.15) is 0 Å². The van der Waals surface area contributed by atoms with E-state index >= 15 is 0 Å². The Hall–Kier alpha value is 1.49. The molecule has 0 amide bonds. The normalized spacial score (nSPS) is 4.50. The molecule has 0 heterocycles. The largest absolute Gasteiger partial charge is 2.00 e. The molecule has 0 aromatic heterocycles. The fourth-order valence-electron chi connectivity index (χ4n) is 0. The smallest absolute Gasteiger partial charge is 0.907 e. The van der Waals surface area contributed by atoms with Crippen molar-refractivity contribution in [1.29, 1.82) is 0 Å². The maximum Gasteiger partial charge on any atom is 2.00 e. The van der Waals surface area contributed by atoms with Crippen LogP contribution < -0.4 is 15.1 Å². The molecule has 6 heteroatoms. The first-order valence-electron chi connectivity index (χ1n) is 0.707. The zero-order valence-corrected chi connectivity index (χ0v) is 9.86. The molecule has 0 aliphatic rings. The summed E-state index contributed by atoms with van der Waals surface area (Å²) in [6, 6.07) is 0. The molecular weight excluding hydrogens is 331 g/mol. The van der Waals surface area contributed by atoms with Gasteiger partial charge in [-0.05, 0) is 0 Å². The van der Waals surface area contributed by atoms with Crippen LogP contribution in [0.15, 0.2) is 0 Å². The van der Waals surface area contributed by atoms with Gasteiger partial charge in [-0.25, -0.2) is 0 Å². The summed E-state index contributed by atoms with van der Waals surface area (Å²) < 4.78 is 0. The van der Waals surface area contributed by atoms with E-state index in [1.807, 2.05) is 0 Å². The van der Waals surface area contributed by atoms with Crippen LogP contribution in [0, 0.1) is 0 Å². The summed E-state index contributed by atoms with van der Waals surface area (Å²) in [5, 5.41) is 25.2. The van der Waals surface area contributed by atoms with Crippen molar-refractivity contribution in [3.8, 4) is 0 Å². The van der Waals surface area contributed by atoms with Gasteiger partial charge in [0.2, 0.25) is 0 Å². The van der Waals surface area contributed by atoms with Crippen LogP contribution in [0.4, 0.5) is 0 Å². The quantitative estimate of drug-likeness (QED) is 0.422. The van der Waals surface area contributed by atoms with Crippen LogP contribution in [0.1, 0.15) is 0 Å². The minimum absolute atomic E-state index is 0. The van der Waals surface area contributed by atoms with Crippen molar-refractivity contribution in [3.63, 3.8) is 0 Å². The Kier molecular flexibility index (Phi) is 25.3. The summed E-state index contributed by atoms with van der Waals surface area (Å²) in [5.41, 5.74) is 0. The average Bonchev–Trinajstić information content (AvgIpc) is 0.811. The van der Waals surface area contributed by atoms with E-state index in [9.17, 15) is 0 Å². The Bertz CT molecular complexity index is 15.5. The van der Waals surface area contributed by atoms with Gasteiger partial charge in [-0.15, -0.1) is 0 Å². The number of hydrogen-bond acceptors (Lipinski definition) is 3. The van der Waals surface area contributed by atoms with Gasteiger partial charge in [0.05, 0.1) is 0 Å². The zero-order chi connectivity index (χ0) is 3.58. The van der Waals surface area contributed by atoms with Gasteiger partial charge in [0.25, 0.3) is 0 Å². The van der Waals surface area contributed by atoms with Crippen molar-refractivity contribution in [3.05, 3.63) is 0 Å². The van der Waals surface area contributed by atoms with Crippen molar-refractivity contribution >= 4 is 34.6 Å². The molecule has 0 rings (SSSR count). The zero-order valence-electron chi connectivity index (χ0n) is 3.01. The second-order valence-electron chi connectivity index (χ2n) is 0.289. The molecule has 0 aromatic rings. The van der Waals surface area contributed by atoms with Crippen molar-refractivity contribution in [2.24, 2.45) is 0 Å². The molecule has 0 aliphatic carbocycles. The topological polar surface area (TPSA) is 69.2 Å². The molecule has 6 heavy (non-hydrogen) atoms. The van der Waals surface area contributed by atoms with Gasteiger partial charge < -0.3 is 15.1 Å². The second kappa shape index (κ2) is 9.70. The molecule has 0 aliphatic heterocycles. The van der Waals surface area contributed by atoms with Crippen LogP contribution in [0.5, 0.6) is 0 Å². The predicted octanol–water partition coefficient (Wildman–Crippen LogP) is -4.33. The van der Waals surface area contributed by atoms with Crippen LogP contribution in [0.3, 0.4) is 0 Å². The molecule has 0 saturated heterocycles. The molecule has 0 saturated carbocycles. The molecule has 0 spiro atoms. The van der Waals surface area contributed by atoms with Gasteiger partial charge in [-0.3, -0.25) is 7.32 Å². The Morgan fingerprint density at radius 1 is 1.00 bits per heavy atom.